The number of nitrogens with zero attached hydrogens (tertiary/aromatic N) is 1. The lowest BCUT2D eigenvalue weighted by molar-refractivity contribution is -0.147. The van der Waals surface area contributed by atoms with E-state index < -0.39 is 0 Å². The van der Waals surface area contributed by atoms with E-state index in [1.54, 1.807) is 4.90 Å². The maximum absolute atomic E-state index is 12.5. The molecule has 102 valence electrons. The molecule has 1 saturated carbocycles. The number of nitrogens with one attached hydrogen (secondary N) is 1. The van der Waals surface area contributed by atoms with Gasteiger partial charge in [0.05, 0.1) is 0 Å². The molecule has 5 heteroatoms. The van der Waals surface area contributed by atoms with E-state index in [-0.39, 0.29) is 35.7 Å². The quantitative estimate of drug-likeness (QED) is 0.732. The Labute approximate surface area is 108 Å². The molecule has 1 heterocycles. The van der Waals surface area contributed by atoms with Crippen molar-refractivity contribution in [2.45, 2.75) is 45.2 Å². The maximum Gasteiger partial charge on any atom is 0.243 e. The summed E-state index contributed by atoms with van der Waals surface area (Å²) in [6, 6.07) is -0.168. The minimum Gasteiger partial charge on any atom is -0.353 e. The van der Waals surface area contributed by atoms with Crippen molar-refractivity contribution >= 4 is 11.8 Å². The monoisotopic (exact) mass is 253 g/mol. The highest BCUT2D eigenvalue weighted by molar-refractivity contribution is 5.90. The largest absolute Gasteiger partial charge is 0.353 e. The molecule has 2 fully saturated rings. The Morgan fingerprint density at radius 1 is 1.44 bits per heavy atom. The molecule has 1 aliphatic heterocycles. The van der Waals surface area contributed by atoms with Gasteiger partial charge in [-0.1, -0.05) is 13.8 Å². The van der Waals surface area contributed by atoms with Gasteiger partial charge in [0, 0.05) is 25.0 Å². The van der Waals surface area contributed by atoms with Gasteiger partial charge in [0.25, 0.3) is 0 Å². The molecule has 2 aliphatic rings. The van der Waals surface area contributed by atoms with E-state index in [0.717, 1.165) is 19.3 Å². The highest BCUT2D eigenvalue weighted by atomic mass is 16.2. The second kappa shape index (κ2) is 5.26. The molecular formula is C13H23N3O2. The van der Waals surface area contributed by atoms with Gasteiger partial charge >= 0.3 is 0 Å². The van der Waals surface area contributed by atoms with Crippen molar-refractivity contribution in [3.8, 4) is 0 Å². The van der Waals surface area contributed by atoms with Crippen molar-refractivity contribution in [1.29, 1.82) is 0 Å². The van der Waals surface area contributed by atoms with Crippen LogP contribution in [0.3, 0.4) is 0 Å². The van der Waals surface area contributed by atoms with Crippen molar-refractivity contribution < 1.29 is 9.59 Å². The van der Waals surface area contributed by atoms with Crippen LogP contribution < -0.4 is 11.1 Å². The van der Waals surface area contributed by atoms with Gasteiger partial charge in [0.15, 0.2) is 0 Å². The first-order valence-electron chi connectivity index (χ1n) is 6.84. The summed E-state index contributed by atoms with van der Waals surface area (Å²) in [6.07, 6.45) is 2.55. The summed E-state index contributed by atoms with van der Waals surface area (Å²) in [5, 5.41) is 2.84. The fourth-order valence-electron chi connectivity index (χ4n) is 3.07. The molecule has 0 aromatic carbocycles. The lowest BCUT2D eigenvalue weighted by Crippen LogP contribution is -2.60. The predicted molar refractivity (Wildman–Crippen MR) is 68.7 cm³/mol. The zero-order chi connectivity index (χ0) is 13.3. The average Bonchev–Trinajstić information content (AvgIpc) is 2.74. The van der Waals surface area contributed by atoms with Crippen LogP contribution in [0.5, 0.6) is 0 Å². The standard InChI is InChI=1S/C13H23N3O2/c1-8(2)11-12(17)15-5-6-16(11)13(18)9-3-4-10(14)7-9/h8-11H,3-7,14H2,1-2H3,(H,15,17)/t9-,10+,11-/m1/s1. The maximum atomic E-state index is 12.5. The number of hydrogen-bond donors (Lipinski definition) is 2. The first-order valence-corrected chi connectivity index (χ1v) is 6.84. The molecule has 3 N–H and O–H groups in total. The molecule has 5 nitrogen and oxygen atoms in total. The Morgan fingerprint density at radius 3 is 2.72 bits per heavy atom. The second-order valence-corrected chi connectivity index (χ2v) is 5.78. The first kappa shape index (κ1) is 13.3. The van der Waals surface area contributed by atoms with Crippen LogP contribution in [0.4, 0.5) is 0 Å². The SMILES string of the molecule is CC(C)[C@@H]1C(=O)NCCN1C(=O)[C@@H]1CC[C@H](N)C1. The number of nitrogens with two attached hydrogens (primary N) is 1. The van der Waals surface area contributed by atoms with E-state index in [1.165, 1.54) is 0 Å². The molecule has 0 bridgehead atoms. The smallest absolute Gasteiger partial charge is 0.243 e. The number of rotatable bonds is 2. The zero-order valence-electron chi connectivity index (χ0n) is 11.2. The van der Waals surface area contributed by atoms with E-state index in [0.29, 0.717) is 13.1 Å². The minimum absolute atomic E-state index is 0.0205. The minimum atomic E-state index is -0.317. The third-order valence-electron chi connectivity index (χ3n) is 3.99. The van der Waals surface area contributed by atoms with Crippen molar-refractivity contribution in [3.05, 3.63) is 0 Å². The summed E-state index contributed by atoms with van der Waals surface area (Å²) >= 11 is 0. The van der Waals surface area contributed by atoms with E-state index >= 15 is 0 Å². The summed E-state index contributed by atoms with van der Waals surface area (Å²) < 4.78 is 0. The summed E-state index contributed by atoms with van der Waals surface area (Å²) in [5.74, 6) is 0.264. The summed E-state index contributed by atoms with van der Waals surface area (Å²) in [4.78, 5) is 26.2. The first-order chi connectivity index (χ1) is 8.50. The topological polar surface area (TPSA) is 75.4 Å². The summed E-state index contributed by atoms with van der Waals surface area (Å²) in [6.45, 7) is 5.15. The van der Waals surface area contributed by atoms with Gasteiger partial charge in [-0.25, -0.2) is 0 Å². The van der Waals surface area contributed by atoms with E-state index in [9.17, 15) is 9.59 Å². The second-order valence-electron chi connectivity index (χ2n) is 5.78. The third kappa shape index (κ3) is 2.51. The van der Waals surface area contributed by atoms with Gasteiger partial charge in [-0.2, -0.15) is 0 Å². The Hall–Kier alpha value is -1.10. The molecule has 3 atom stereocenters. The number of hydrogen-bond acceptors (Lipinski definition) is 3. The van der Waals surface area contributed by atoms with Crippen molar-refractivity contribution in [2.75, 3.05) is 13.1 Å². The molecule has 0 unspecified atom stereocenters. The highest BCUT2D eigenvalue weighted by Gasteiger charge is 2.39. The van der Waals surface area contributed by atoms with E-state index in [4.69, 9.17) is 5.73 Å². The Kier molecular flexibility index (Phi) is 3.90. The Morgan fingerprint density at radius 2 is 2.17 bits per heavy atom. The van der Waals surface area contributed by atoms with E-state index in [2.05, 4.69) is 5.32 Å². The lowest BCUT2D eigenvalue weighted by Gasteiger charge is -2.38. The third-order valence-corrected chi connectivity index (χ3v) is 3.99. The van der Waals surface area contributed by atoms with Crippen molar-refractivity contribution in [2.24, 2.45) is 17.6 Å². The molecule has 0 aromatic rings. The molecule has 18 heavy (non-hydrogen) atoms. The van der Waals surface area contributed by atoms with Crippen LogP contribution in [0, 0.1) is 11.8 Å². The van der Waals surface area contributed by atoms with Gasteiger partial charge in [0.1, 0.15) is 6.04 Å². The van der Waals surface area contributed by atoms with Crippen LogP contribution in [0.25, 0.3) is 0 Å². The summed E-state index contributed by atoms with van der Waals surface area (Å²) in [7, 11) is 0. The molecule has 1 aliphatic carbocycles. The summed E-state index contributed by atoms with van der Waals surface area (Å²) in [5.41, 5.74) is 5.86. The average molecular weight is 253 g/mol. The number of amides is 2. The van der Waals surface area contributed by atoms with Crippen LogP contribution in [-0.2, 0) is 9.59 Å². The van der Waals surface area contributed by atoms with Crippen LogP contribution in [-0.4, -0.2) is 41.9 Å². The van der Waals surface area contributed by atoms with Gasteiger partial charge in [-0.15, -0.1) is 0 Å². The van der Waals surface area contributed by atoms with Crippen LogP contribution >= 0.6 is 0 Å². The van der Waals surface area contributed by atoms with Crippen molar-refractivity contribution in [3.63, 3.8) is 0 Å². The molecule has 1 saturated heterocycles. The van der Waals surface area contributed by atoms with Gasteiger partial charge in [-0.05, 0) is 25.2 Å². The molecule has 0 radical (unpaired) electrons. The zero-order valence-corrected chi connectivity index (χ0v) is 11.2. The predicted octanol–water partition coefficient (Wildman–Crippen LogP) is 0.0968. The van der Waals surface area contributed by atoms with Crippen molar-refractivity contribution in [1.82, 2.24) is 10.2 Å². The van der Waals surface area contributed by atoms with Gasteiger partial charge < -0.3 is 16.0 Å². The van der Waals surface area contributed by atoms with Crippen LogP contribution in [0.2, 0.25) is 0 Å². The molecule has 0 spiro atoms. The number of carbonyl (C=O) groups is 2. The number of carbonyl (C=O) groups excluding carboxylic acids is 2. The fourth-order valence-corrected chi connectivity index (χ4v) is 3.07. The molecule has 2 rings (SSSR count). The molecule has 0 aromatic heterocycles. The van der Waals surface area contributed by atoms with Crippen LogP contribution in [0.15, 0.2) is 0 Å². The fraction of sp³-hybridized carbons (Fsp3) is 0.846. The van der Waals surface area contributed by atoms with Gasteiger partial charge in [0.2, 0.25) is 11.8 Å². The lowest BCUT2D eigenvalue weighted by atomic mass is 9.96. The normalized spacial score (nSPS) is 32.8. The van der Waals surface area contributed by atoms with Crippen LogP contribution in [0.1, 0.15) is 33.1 Å². The molecule has 2 amide bonds. The number of piperazine rings is 1. The Balaban J connectivity index is 2.09. The Bertz CT molecular complexity index is 343. The van der Waals surface area contributed by atoms with E-state index in [1.807, 2.05) is 13.8 Å². The molecular weight excluding hydrogens is 230 g/mol. The highest BCUT2D eigenvalue weighted by Crippen LogP contribution is 2.28. The van der Waals surface area contributed by atoms with Gasteiger partial charge in [-0.3, -0.25) is 9.59 Å².